The summed E-state index contributed by atoms with van der Waals surface area (Å²) in [6, 6.07) is 3.73. The van der Waals surface area contributed by atoms with Crippen LogP contribution < -0.4 is 5.32 Å². The molecule has 0 saturated carbocycles. The first-order valence-electron chi connectivity index (χ1n) is 8.72. The van der Waals surface area contributed by atoms with Gasteiger partial charge in [-0.15, -0.1) is 0 Å². The van der Waals surface area contributed by atoms with E-state index in [0.29, 0.717) is 13.2 Å². The number of nitrogens with one attached hydrogen (secondary N) is 1. The van der Waals surface area contributed by atoms with E-state index in [0.717, 1.165) is 31.7 Å². The summed E-state index contributed by atoms with van der Waals surface area (Å²) in [6.45, 7) is 5.11. The molecular weight excluding hydrogens is 308 g/mol. The van der Waals surface area contributed by atoms with E-state index in [-0.39, 0.29) is 24.5 Å². The molecule has 7 heteroatoms. The van der Waals surface area contributed by atoms with Gasteiger partial charge in [-0.2, -0.15) is 0 Å². The van der Waals surface area contributed by atoms with Crippen molar-refractivity contribution in [3.63, 3.8) is 0 Å². The van der Waals surface area contributed by atoms with Crippen LogP contribution in [-0.4, -0.2) is 90.3 Å². The van der Waals surface area contributed by atoms with Crippen LogP contribution in [0, 0.1) is 0 Å². The highest BCUT2D eigenvalue weighted by atomic mass is 16.7. The number of nitrogens with zero attached hydrogens (tertiary/aromatic N) is 3. The first-order valence-corrected chi connectivity index (χ1v) is 8.72. The monoisotopic (exact) mass is 334 g/mol. The second-order valence-electron chi connectivity index (χ2n) is 6.96. The molecule has 0 amide bonds. The highest BCUT2D eigenvalue weighted by Gasteiger charge is 2.52. The number of aliphatic hydroxyl groups excluding tert-OH is 1. The summed E-state index contributed by atoms with van der Waals surface area (Å²) in [5, 5.41) is 14.5. The fourth-order valence-electron chi connectivity index (χ4n) is 3.90. The molecule has 24 heavy (non-hydrogen) atoms. The summed E-state index contributed by atoms with van der Waals surface area (Å²) in [5.41, 5.74) is 1.15. The van der Waals surface area contributed by atoms with Crippen molar-refractivity contribution in [1.29, 1.82) is 0 Å². The minimum atomic E-state index is -0.499. The number of hydrogen-bond donors (Lipinski definition) is 2. The zero-order valence-corrected chi connectivity index (χ0v) is 14.0. The van der Waals surface area contributed by atoms with Crippen LogP contribution in [0.2, 0.25) is 0 Å². The predicted octanol–water partition coefficient (Wildman–Crippen LogP) is -0.728. The van der Waals surface area contributed by atoms with Crippen molar-refractivity contribution in [2.75, 3.05) is 39.8 Å². The lowest BCUT2D eigenvalue weighted by molar-refractivity contribution is -0.186. The molecule has 4 rings (SSSR count). The number of hydrogen-bond acceptors (Lipinski definition) is 7. The van der Waals surface area contributed by atoms with Crippen LogP contribution in [0.5, 0.6) is 0 Å². The van der Waals surface area contributed by atoms with E-state index in [1.165, 1.54) is 0 Å². The minimum Gasteiger partial charge on any atom is -0.390 e. The molecule has 1 aromatic rings. The lowest BCUT2D eigenvalue weighted by Gasteiger charge is -2.46. The van der Waals surface area contributed by atoms with Crippen LogP contribution in [0.15, 0.2) is 24.5 Å². The molecule has 0 aliphatic carbocycles. The molecule has 3 aliphatic rings. The largest absolute Gasteiger partial charge is 0.390 e. The molecule has 2 bridgehead atoms. The molecule has 0 aromatic carbocycles. The Labute approximate surface area is 142 Å². The third-order valence-electron chi connectivity index (χ3n) is 5.38. The van der Waals surface area contributed by atoms with Crippen LogP contribution >= 0.6 is 0 Å². The van der Waals surface area contributed by atoms with Crippen LogP contribution in [-0.2, 0) is 16.0 Å². The Morgan fingerprint density at radius 3 is 2.75 bits per heavy atom. The summed E-state index contributed by atoms with van der Waals surface area (Å²) in [6.07, 6.45) is 2.67. The molecule has 0 spiro atoms. The Hall–Kier alpha value is -1.09. The maximum absolute atomic E-state index is 11.0. The highest BCUT2D eigenvalue weighted by molar-refractivity contribution is 5.10. The van der Waals surface area contributed by atoms with Crippen molar-refractivity contribution in [2.45, 2.75) is 37.1 Å². The number of aromatic nitrogens is 1. The lowest BCUT2D eigenvalue weighted by Crippen LogP contribution is -2.66. The molecular formula is C17H26N4O3. The van der Waals surface area contributed by atoms with E-state index < -0.39 is 6.10 Å². The van der Waals surface area contributed by atoms with Crippen LogP contribution in [0.25, 0.3) is 0 Å². The Balaban J connectivity index is 1.44. The van der Waals surface area contributed by atoms with E-state index in [1.807, 2.05) is 12.1 Å². The first-order chi connectivity index (χ1) is 11.7. The number of likely N-dealkylation sites (N-methyl/N-ethyl adjacent to an activating group) is 1. The number of rotatable bonds is 4. The number of piperazine rings is 1. The van der Waals surface area contributed by atoms with E-state index in [4.69, 9.17) is 9.47 Å². The zero-order valence-electron chi connectivity index (χ0n) is 14.0. The van der Waals surface area contributed by atoms with Gasteiger partial charge in [0, 0.05) is 45.1 Å². The standard InChI is InChI=1S/C17H26N4O3/c1-20-6-8-21(9-7-20)15-16(22)14(13-11-23-17(15)24-13)19-10-12-2-4-18-5-3-12/h2-5,13-17,19,22H,6-11H2,1H3. The van der Waals surface area contributed by atoms with Gasteiger partial charge in [0.15, 0.2) is 6.29 Å². The van der Waals surface area contributed by atoms with Crippen molar-refractivity contribution in [1.82, 2.24) is 20.1 Å². The topological polar surface area (TPSA) is 70.1 Å². The molecule has 3 aliphatic heterocycles. The number of pyridine rings is 1. The summed E-state index contributed by atoms with van der Waals surface area (Å²) in [5.74, 6) is 0. The molecule has 2 N–H and O–H groups in total. The van der Waals surface area contributed by atoms with Gasteiger partial charge < -0.3 is 24.8 Å². The fraction of sp³-hybridized carbons (Fsp3) is 0.706. The van der Waals surface area contributed by atoms with Crippen LogP contribution in [0.4, 0.5) is 0 Å². The number of aliphatic hydroxyl groups is 1. The molecule has 0 radical (unpaired) electrons. The third kappa shape index (κ3) is 3.20. The van der Waals surface area contributed by atoms with Crippen molar-refractivity contribution in [3.8, 4) is 0 Å². The van der Waals surface area contributed by atoms with Crippen LogP contribution in [0.1, 0.15) is 5.56 Å². The Bertz CT molecular complexity index is 538. The van der Waals surface area contributed by atoms with Crippen molar-refractivity contribution < 1.29 is 14.6 Å². The Kier molecular flexibility index (Phi) is 4.80. The molecule has 5 atom stereocenters. The fourth-order valence-corrected chi connectivity index (χ4v) is 3.90. The van der Waals surface area contributed by atoms with Gasteiger partial charge in [0.05, 0.1) is 24.8 Å². The zero-order chi connectivity index (χ0) is 16.5. The number of ether oxygens (including phenoxy) is 2. The minimum absolute atomic E-state index is 0.0875. The molecule has 3 fully saturated rings. The predicted molar refractivity (Wildman–Crippen MR) is 88.3 cm³/mol. The molecule has 3 saturated heterocycles. The number of fused-ring (bicyclic) bond motifs is 2. The normalized spacial score (nSPS) is 37.7. The molecule has 132 valence electrons. The molecule has 7 nitrogen and oxygen atoms in total. The van der Waals surface area contributed by atoms with Gasteiger partial charge in [-0.25, -0.2) is 0 Å². The lowest BCUT2D eigenvalue weighted by atomic mass is 9.94. The van der Waals surface area contributed by atoms with Crippen molar-refractivity contribution >= 4 is 0 Å². The van der Waals surface area contributed by atoms with Crippen LogP contribution in [0.3, 0.4) is 0 Å². The van der Waals surface area contributed by atoms with E-state index in [2.05, 4.69) is 27.1 Å². The average molecular weight is 334 g/mol. The first kappa shape index (κ1) is 16.4. The molecule has 4 heterocycles. The SMILES string of the molecule is CN1CCN(C2C3OCC(O3)C(NCc3ccncc3)C2O)CC1. The summed E-state index contributed by atoms with van der Waals surface area (Å²) in [7, 11) is 2.13. The van der Waals surface area contributed by atoms with E-state index >= 15 is 0 Å². The second kappa shape index (κ2) is 7.03. The maximum Gasteiger partial charge on any atom is 0.176 e. The smallest absolute Gasteiger partial charge is 0.176 e. The van der Waals surface area contributed by atoms with Crippen molar-refractivity contribution in [3.05, 3.63) is 30.1 Å². The highest BCUT2D eigenvalue weighted by Crippen LogP contribution is 2.32. The summed E-state index contributed by atoms with van der Waals surface area (Å²) < 4.78 is 11.9. The quantitative estimate of drug-likeness (QED) is 0.752. The Morgan fingerprint density at radius 2 is 2.00 bits per heavy atom. The second-order valence-corrected chi connectivity index (χ2v) is 6.96. The summed E-state index contributed by atoms with van der Waals surface area (Å²) >= 11 is 0. The van der Waals surface area contributed by atoms with Gasteiger partial charge >= 0.3 is 0 Å². The average Bonchev–Trinajstić information content (AvgIpc) is 3.02. The van der Waals surface area contributed by atoms with Gasteiger partial charge in [0.2, 0.25) is 0 Å². The van der Waals surface area contributed by atoms with Gasteiger partial charge in [-0.1, -0.05) is 0 Å². The van der Waals surface area contributed by atoms with Gasteiger partial charge in [-0.05, 0) is 24.7 Å². The van der Waals surface area contributed by atoms with E-state index in [1.54, 1.807) is 12.4 Å². The van der Waals surface area contributed by atoms with Gasteiger partial charge in [0.25, 0.3) is 0 Å². The van der Waals surface area contributed by atoms with Crippen molar-refractivity contribution in [2.24, 2.45) is 0 Å². The summed E-state index contributed by atoms with van der Waals surface area (Å²) in [4.78, 5) is 8.67. The molecule has 1 aromatic heterocycles. The van der Waals surface area contributed by atoms with Gasteiger partial charge in [0.1, 0.15) is 6.10 Å². The van der Waals surface area contributed by atoms with Gasteiger partial charge in [-0.3, -0.25) is 9.88 Å². The Morgan fingerprint density at radius 1 is 1.25 bits per heavy atom. The van der Waals surface area contributed by atoms with E-state index in [9.17, 15) is 5.11 Å². The maximum atomic E-state index is 11.0. The molecule has 5 unspecified atom stereocenters. The third-order valence-corrected chi connectivity index (χ3v) is 5.38.